The maximum Gasteiger partial charge on any atom is 0.332 e. The number of benzene rings is 2. The predicted octanol–water partition coefficient (Wildman–Crippen LogP) is 6.39. The number of rotatable bonds is 7. The summed E-state index contributed by atoms with van der Waals surface area (Å²) in [5.41, 5.74) is -0.312. The van der Waals surface area contributed by atoms with Gasteiger partial charge in [0.1, 0.15) is 11.6 Å². The van der Waals surface area contributed by atoms with Crippen LogP contribution < -0.4 is 20.3 Å². The average molecular weight is 525 g/mol. The van der Waals surface area contributed by atoms with Gasteiger partial charge in [-0.25, -0.2) is 14.7 Å². The lowest BCUT2D eigenvalue weighted by atomic mass is 10.0. The molecule has 3 rings (SSSR count). The number of aromatic nitrogens is 2. The van der Waals surface area contributed by atoms with Crippen molar-refractivity contribution in [2.75, 3.05) is 22.6 Å². The van der Waals surface area contributed by atoms with Gasteiger partial charge in [-0.2, -0.15) is 4.98 Å². The number of carbonyl (C=O) groups is 1. The number of amides is 2. The van der Waals surface area contributed by atoms with E-state index in [1.54, 1.807) is 58.2 Å². The molecule has 0 saturated carbocycles. The van der Waals surface area contributed by atoms with Crippen LogP contribution in [0.2, 0.25) is 15.1 Å². The average Bonchev–Trinajstić information content (AvgIpc) is 2.76. The Hall–Kier alpha value is -2.78. The summed E-state index contributed by atoms with van der Waals surface area (Å²) in [5, 5.41) is 16.7. The third-order valence-corrected chi connectivity index (χ3v) is 5.86. The number of halogens is 3. The second-order valence-electron chi connectivity index (χ2n) is 7.97. The fourth-order valence-electron chi connectivity index (χ4n) is 2.82. The summed E-state index contributed by atoms with van der Waals surface area (Å²) in [6, 6.07) is 10.4. The Labute approximate surface area is 212 Å². The standard InChI is InChI=1S/C23H24Cl3N5O3/c1-13(23(2,3)33)28-21-27-10-9-19(29-21)31(15-5-7-16(34-4)8-6-15)22(32)30-20-17(25)11-14(24)12-18(20)26/h5-13,33H,1-4H3,(H,30,32)(H,27,28,29). The first kappa shape index (κ1) is 25.8. The lowest BCUT2D eigenvalue weighted by Gasteiger charge is -2.27. The minimum Gasteiger partial charge on any atom is -0.497 e. The highest BCUT2D eigenvalue weighted by molar-refractivity contribution is 6.42. The Balaban J connectivity index is 2.01. The van der Waals surface area contributed by atoms with Crippen LogP contribution in [0.5, 0.6) is 5.75 Å². The molecule has 8 nitrogen and oxygen atoms in total. The molecule has 0 spiro atoms. The number of methoxy groups -OCH3 is 1. The molecule has 2 amide bonds. The molecule has 1 atom stereocenters. The number of anilines is 4. The van der Waals surface area contributed by atoms with Gasteiger partial charge < -0.3 is 20.5 Å². The van der Waals surface area contributed by atoms with Crippen LogP contribution in [-0.2, 0) is 0 Å². The monoisotopic (exact) mass is 523 g/mol. The zero-order chi connectivity index (χ0) is 25.0. The lowest BCUT2D eigenvalue weighted by molar-refractivity contribution is 0.0646. The predicted molar refractivity (Wildman–Crippen MR) is 137 cm³/mol. The zero-order valence-corrected chi connectivity index (χ0v) is 21.2. The molecule has 1 heterocycles. The van der Waals surface area contributed by atoms with Gasteiger partial charge >= 0.3 is 6.03 Å². The summed E-state index contributed by atoms with van der Waals surface area (Å²) >= 11 is 18.5. The van der Waals surface area contributed by atoms with Gasteiger partial charge in [0.2, 0.25) is 5.95 Å². The normalized spacial score (nSPS) is 12.1. The second-order valence-corrected chi connectivity index (χ2v) is 9.22. The van der Waals surface area contributed by atoms with E-state index in [4.69, 9.17) is 39.5 Å². The molecule has 1 aromatic heterocycles. The van der Waals surface area contributed by atoms with E-state index in [-0.39, 0.29) is 33.5 Å². The van der Waals surface area contributed by atoms with Gasteiger partial charge in [0.25, 0.3) is 0 Å². The molecule has 34 heavy (non-hydrogen) atoms. The van der Waals surface area contributed by atoms with Crippen LogP contribution in [0.15, 0.2) is 48.7 Å². The molecular weight excluding hydrogens is 501 g/mol. The minimum absolute atomic E-state index is 0.185. The van der Waals surface area contributed by atoms with Crippen LogP contribution in [0.25, 0.3) is 0 Å². The van der Waals surface area contributed by atoms with Gasteiger partial charge in [-0.3, -0.25) is 0 Å². The maximum absolute atomic E-state index is 13.5. The van der Waals surface area contributed by atoms with Crippen molar-refractivity contribution in [2.24, 2.45) is 0 Å². The first-order valence-electron chi connectivity index (χ1n) is 10.2. The van der Waals surface area contributed by atoms with Gasteiger partial charge in [-0.05, 0) is 57.2 Å². The Morgan fingerprint density at radius 3 is 2.29 bits per heavy atom. The van der Waals surface area contributed by atoms with E-state index >= 15 is 0 Å². The molecule has 0 radical (unpaired) electrons. The van der Waals surface area contributed by atoms with E-state index in [1.165, 1.54) is 23.2 Å². The summed E-state index contributed by atoms with van der Waals surface area (Å²) in [6.45, 7) is 5.14. The van der Waals surface area contributed by atoms with Gasteiger partial charge in [0.05, 0.1) is 40.2 Å². The molecule has 1 unspecified atom stereocenters. The number of nitrogens with one attached hydrogen (secondary N) is 2. The van der Waals surface area contributed by atoms with E-state index < -0.39 is 11.6 Å². The van der Waals surface area contributed by atoms with E-state index in [2.05, 4.69) is 20.6 Å². The van der Waals surface area contributed by atoms with E-state index in [0.717, 1.165) is 0 Å². The minimum atomic E-state index is -1.02. The van der Waals surface area contributed by atoms with Gasteiger partial charge in [-0.15, -0.1) is 0 Å². The Morgan fingerprint density at radius 2 is 1.74 bits per heavy atom. The molecule has 3 N–H and O–H groups in total. The highest BCUT2D eigenvalue weighted by Crippen LogP contribution is 2.35. The van der Waals surface area contributed by atoms with Gasteiger partial charge in [0, 0.05) is 17.3 Å². The molecule has 0 aliphatic carbocycles. The molecule has 3 aromatic rings. The smallest absolute Gasteiger partial charge is 0.332 e. The number of hydrogen-bond acceptors (Lipinski definition) is 6. The topological polar surface area (TPSA) is 99.6 Å². The van der Waals surface area contributed by atoms with E-state index in [0.29, 0.717) is 16.5 Å². The largest absolute Gasteiger partial charge is 0.497 e. The first-order valence-corrected chi connectivity index (χ1v) is 11.3. The van der Waals surface area contributed by atoms with Crippen molar-refractivity contribution in [1.29, 1.82) is 0 Å². The van der Waals surface area contributed by atoms with Crippen molar-refractivity contribution in [2.45, 2.75) is 32.4 Å². The molecular formula is C23H24Cl3N5O3. The fourth-order valence-corrected chi connectivity index (χ4v) is 3.73. The molecule has 0 aliphatic rings. The summed E-state index contributed by atoms with van der Waals surface area (Å²) in [5.74, 6) is 1.13. The van der Waals surface area contributed by atoms with Gasteiger partial charge in [0.15, 0.2) is 0 Å². The SMILES string of the molecule is COc1ccc(N(C(=O)Nc2c(Cl)cc(Cl)cc2Cl)c2ccnc(NC(C)C(C)(C)O)n2)cc1. The van der Waals surface area contributed by atoms with E-state index in [9.17, 15) is 9.90 Å². The summed E-state index contributed by atoms with van der Waals surface area (Å²) in [7, 11) is 1.55. The number of aliphatic hydroxyl groups is 1. The number of hydrogen-bond donors (Lipinski definition) is 3. The van der Waals surface area contributed by atoms with Crippen LogP contribution >= 0.6 is 34.8 Å². The third-order valence-electron chi connectivity index (χ3n) is 5.05. The quantitative estimate of drug-likeness (QED) is 0.331. The zero-order valence-electron chi connectivity index (χ0n) is 18.9. The van der Waals surface area contributed by atoms with Gasteiger partial charge in [-0.1, -0.05) is 34.8 Å². The van der Waals surface area contributed by atoms with Crippen LogP contribution in [0.3, 0.4) is 0 Å². The fraction of sp³-hybridized carbons (Fsp3) is 0.261. The number of carbonyl (C=O) groups excluding carboxylic acids is 1. The number of nitrogens with zero attached hydrogens (tertiary/aromatic N) is 3. The maximum atomic E-state index is 13.5. The highest BCUT2D eigenvalue weighted by atomic mass is 35.5. The highest BCUT2D eigenvalue weighted by Gasteiger charge is 2.25. The number of ether oxygens (including phenoxy) is 1. The van der Waals surface area contributed by atoms with Crippen LogP contribution in [0.1, 0.15) is 20.8 Å². The molecule has 0 aliphatic heterocycles. The molecule has 2 aromatic carbocycles. The van der Waals surface area contributed by atoms with Crippen molar-refractivity contribution >= 4 is 64.0 Å². The van der Waals surface area contributed by atoms with E-state index in [1.807, 2.05) is 0 Å². The summed E-state index contributed by atoms with van der Waals surface area (Å²) < 4.78 is 5.22. The van der Waals surface area contributed by atoms with Crippen molar-refractivity contribution in [3.8, 4) is 5.75 Å². The van der Waals surface area contributed by atoms with Crippen molar-refractivity contribution < 1.29 is 14.6 Å². The first-order chi connectivity index (χ1) is 16.0. The molecule has 11 heteroatoms. The summed E-state index contributed by atoms with van der Waals surface area (Å²) in [4.78, 5) is 23.5. The molecule has 0 saturated heterocycles. The lowest BCUT2D eigenvalue weighted by Crippen LogP contribution is -2.40. The van der Waals surface area contributed by atoms with Crippen molar-refractivity contribution in [3.05, 3.63) is 63.7 Å². The number of urea groups is 1. The Kier molecular flexibility index (Phi) is 8.09. The van der Waals surface area contributed by atoms with Crippen LogP contribution in [0.4, 0.5) is 27.9 Å². The van der Waals surface area contributed by atoms with Crippen LogP contribution in [0, 0.1) is 0 Å². The molecule has 0 bridgehead atoms. The third kappa shape index (κ3) is 6.21. The van der Waals surface area contributed by atoms with Crippen molar-refractivity contribution in [3.63, 3.8) is 0 Å². The van der Waals surface area contributed by atoms with Crippen molar-refractivity contribution in [1.82, 2.24) is 9.97 Å². The molecule has 0 fully saturated rings. The second kappa shape index (κ2) is 10.7. The summed E-state index contributed by atoms with van der Waals surface area (Å²) in [6.07, 6.45) is 1.51. The molecule has 180 valence electrons. The Morgan fingerprint density at radius 1 is 1.12 bits per heavy atom. The van der Waals surface area contributed by atoms with Crippen LogP contribution in [-0.4, -0.2) is 39.9 Å². The Bertz CT molecular complexity index is 1150.